The standard InChI is InChI=1S/C37H35N3O2/c1-38-30-16-14-26(29-20-23-12-8-9-13-24(23)35(32(29)30)40(4)5)34-36(41)33(37(34)42)25-15-17-31(39(2)3)28-19-22-11-7-6-10-21(22)18-27(25)28/h6-20,33-34,36-38H,1-5H3/q-2. The van der Waals surface area contributed by atoms with Crippen LogP contribution >= 0.6 is 0 Å². The van der Waals surface area contributed by atoms with E-state index in [1.807, 2.05) is 71.6 Å². The van der Waals surface area contributed by atoms with Crippen molar-refractivity contribution in [2.75, 3.05) is 50.4 Å². The molecule has 2 unspecified atom stereocenters. The maximum Gasteiger partial charge on any atom is 0.0541 e. The summed E-state index contributed by atoms with van der Waals surface area (Å²) in [6.45, 7) is 0. The van der Waals surface area contributed by atoms with Crippen LogP contribution < -0.4 is 25.3 Å². The lowest BCUT2D eigenvalue weighted by molar-refractivity contribution is -0.535. The molecular formula is C37H35N3O2-2. The number of hydrogen-bond donors (Lipinski definition) is 1. The van der Waals surface area contributed by atoms with Crippen molar-refractivity contribution >= 4 is 60.2 Å². The van der Waals surface area contributed by atoms with Gasteiger partial charge in [-0.1, -0.05) is 60.7 Å². The first-order chi connectivity index (χ1) is 20.3. The first-order valence-corrected chi connectivity index (χ1v) is 14.6. The Morgan fingerprint density at radius 3 is 1.74 bits per heavy atom. The van der Waals surface area contributed by atoms with Crippen molar-refractivity contribution in [1.82, 2.24) is 0 Å². The molecule has 7 rings (SSSR count). The number of nitrogens with one attached hydrogen (secondary N) is 1. The van der Waals surface area contributed by atoms with E-state index in [1.54, 1.807) is 0 Å². The van der Waals surface area contributed by atoms with Gasteiger partial charge in [0.25, 0.3) is 0 Å². The first kappa shape index (κ1) is 26.6. The van der Waals surface area contributed by atoms with E-state index in [0.29, 0.717) is 0 Å². The third-order valence-electron chi connectivity index (χ3n) is 9.26. The Balaban J connectivity index is 1.39. The molecular weight excluding hydrogens is 518 g/mol. The molecule has 1 fully saturated rings. The molecule has 0 bridgehead atoms. The van der Waals surface area contributed by atoms with Gasteiger partial charge in [0, 0.05) is 62.8 Å². The van der Waals surface area contributed by atoms with Gasteiger partial charge in [-0.3, -0.25) is 0 Å². The number of rotatable bonds is 5. The lowest BCUT2D eigenvalue weighted by Gasteiger charge is -2.62. The van der Waals surface area contributed by atoms with Crippen molar-refractivity contribution in [1.29, 1.82) is 0 Å². The largest absolute Gasteiger partial charge is 0.851 e. The average Bonchev–Trinajstić information content (AvgIpc) is 2.99. The molecule has 2 atom stereocenters. The molecule has 0 saturated heterocycles. The molecule has 1 saturated carbocycles. The molecule has 0 aliphatic heterocycles. The number of hydrogen-bond acceptors (Lipinski definition) is 5. The van der Waals surface area contributed by atoms with Crippen LogP contribution in [0.15, 0.2) is 91.0 Å². The number of fused-ring (bicyclic) bond motifs is 4. The normalized spacial score (nSPS) is 20.3. The smallest absolute Gasteiger partial charge is 0.0541 e. The molecule has 1 aliphatic rings. The summed E-state index contributed by atoms with van der Waals surface area (Å²) < 4.78 is 0. The van der Waals surface area contributed by atoms with Gasteiger partial charge in [0.2, 0.25) is 0 Å². The Kier molecular flexibility index (Phi) is 6.26. The molecule has 1 aliphatic carbocycles. The van der Waals surface area contributed by atoms with Crippen LogP contribution in [0.2, 0.25) is 0 Å². The summed E-state index contributed by atoms with van der Waals surface area (Å²) in [7, 11) is 10.1. The summed E-state index contributed by atoms with van der Waals surface area (Å²) in [4.78, 5) is 4.22. The molecule has 0 amide bonds. The first-order valence-electron chi connectivity index (χ1n) is 14.6. The second-order valence-electron chi connectivity index (χ2n) is 12.0. The molecule has 0 radical (unpaired) electrons. The Labute approximate surface area is 246 Å². The third-order valence-corrected chi connectivity index (χ3v) is 9.26. The Bertz CT molecular complexity index is 1990. The fraction of sp³-hybridized carbons (Fsp3) is 0.243. The van der Waals surface area contributed by atoms with Crippen LogP contribution in [0.25, 0.3) is 43.1 Å². The lowest BCUT2D eigenvalue weighted by atomic mass is 9.62. The lowest BCUT2D eigenvalue weighted by Crippen LogP contribution is -2.63. The zero-order valence-corrected chi connectivity index (χ0v) is 24.7. The second kappa shape index (κ2) is 9.90. The maximum atomic E-state index is 14.2. The summed E-state index contributed by atoms with van der Waals surface area (Å²) in [6.07, 6.45) is -2.07. The van der Waals surface area contributed by atoms with Crippen LogP contribution in [0.3, 0.4) is 0 Å². The predicted octanol–water partition coefficient (Wildman–Crippen LogP) is 5.81. The molecule has 6 aromatic carbocycles. The van der Waals surface area contributed by atoms with E-state index in [9.17, 15) is 10.2 Å². The van der Waals surface area contributed by atoms with Crippen LogP contribution in [0.5, 0.6) is 0 Å². The maximum absolute atomic E-state index is 14.2. The van der Waals surface area contributed by atoms with Crippen LogP contribution in [-0.4, -0.2) is 47.4 Å². The molecule has 0 spiro atoms. The molecule has 1 N–H and O–H groups in total. The summed E-state index contributed by atoms with van der Waals surface area (Å²) in [5, 5.41) is 40.4. The number of nitrogens with zero attached hydrogens (tertiary/aromatic N) is 2. The molecule has 5 heteroatoms. The van der Waals surface area contributed by atoms with E-state index in [4.69, 9.17) is 0 Å². The number of benzene rings is 6. The SMILES string of the molecule is CNc1ccc(C2C([O-])C(c3ccc(N(C)C)c4cc5ccccc5cc34)C2[O-])c2cc3ccccc3c(N(C)C)c12. The van der Waals surface area contributed by atoms with E-state index in [0.717, 1.165) is 71.3 Å². The number of anilines is 3. The topological polar surface area (TPSA) is 64.6 Å². The van der Waals surface area contributed by atoms with Crippen molar-refractivity contribution in [3.05, 3.63) is 102 Å². The highest BCUT2D eigenvalue weighted by atomic mass is 16.3. The van der Waals surface area contributed by atoms with Crippen LogP contribution in [0.1, 0.15) is 23.0 Å². The minimum Gasteiger partial charge on any atom is -0.851 e. The van der Waals surface area contributed by atoms with Gasteiger partial charge in [-0.05, 0) is 80.2 Å². The minimum absolute atomic E-state index is 0.609. The van der Waals surface area contributed by atoms with Crippen molar-refractivity contribution in [2.24, 2.45) is 0 Å². The quantitative estimate of drug-likeness (QED) is 0.273. The van der Waals surface area contributed by atoms with Crippen molar-refractivity contribution in [3.63, 3.8) is 0 Å². The monoisotopic (exact) mass is 553 g/mol. The fourth-order valence-corrected chi connectivity index (χ4v) is 7.24. The van der Waals surface area contributed by atoms with Crippen LogP contribution in [-0.2, 0) is 0 Å². The summed E-state index contributed by atoms with van der Waals surface area (Å²) in [6, 6.07) is 31.2. The molecule has 212 valence electrons. The zero-order valence-electron chi connectivity index (χ0n) is 24.7. The molecule has 5 nitrogen and oxygen atoms in total. The molecule has 0 heterocycles. The second-order valence-corrected chi connectivity index (χ2v) is 12.0. The fourth-order valence-electron chi connectivity index (χ4n) is 7.24. The van der Waals surface area contributed by atoms with E-state index in [1.165, 1.54) is 0 Å². The van der Waals surface area contributed by atoms with Gasteiger partial charge in [0.15, 0.2) is 0 Å². The van der Waals surface area contributed by atoms with E-state index in [-0.39, 0.29) is 0 Å². The Hall–Kier alpha value is -4.32. The van der Waals surface area contributed by atoms with E-state index < -0.39 is 24.0 Å². The summed E-state index contributed by atoms with van der Waals surface area (Å²) in [5.41, 5.74) is 4.88. The zero-order chi connectivity index (χ0) is 29.3. The minimum atomic E-state index is -1.04. The highest BCUT2D eigenvalue weighted by Gasteiger charge is 2.40. The molecule has 42 heavy (non-hydrogen) atoms. The molecule has 6 aromatic rings. The third kappa shape index (κ3) is 3.84. The van der Waals surface area contributed by atoms with Crippen molar-refractivity contribution < 1.29 is 10.2 Å². The van der Waals surface area contributed by atoms with E-state index >= 15 is 0 Å². The van der Waals surface area contributed by atoms with Crippen molar-refractivity contribution in [2.45, 2.75) is 24.0 Å². The van der Waals surface area contributed by atoms with Crippen LogP contribution in [0.4, 0.5) is 17.1 Å². The van der Waals surface area contributed by atoms with Gasteiger partial charge in [0.1, 0.15) is 0 Å². The highest BCUT2D eigenvalue weighted by molar-refractivity contribution is 6.17. The highest BCUT2D eigenvalue weighted by Crippen LogP contribution is 2.51. The van der Waals surface area contributed by atoms with Crippen LogP contribution in [0, 0.1) is 0 Å². The van der Waals surface area contributed by atoms with Gasteiger partial charge in [-0.15, -0.1) is 12.2 Å². The van der Waals surface area contributed by atoms with Crippen molar-refractivity contribution in [3.8, 4) is 0 Å². The van der Waals surface area contributed by atoms with Gasteiger partial charge >= 0.3 is 0 Å². The van der Waals surface area contributed by atoms with Gasteiger partial charge in [-0.25, -0.2) is 0 Å². The van der Waals surface area contributed by atoms with Gasteiger partial charge in [0.05, 0.1) is 5.69 Å². The van der Waals surface area contributed by atoms with E-state index in [2.05, 4.69) is 69.7 Å². The summed E-state index contributed by atoms with van der Waals surface area (Å²) >= 11 is 0. The van der Waals surface area contributed by atoms with Gasteiger partial charge < -0.3 is 25.3 Å². The predicted molar refractivity (Wildman–Crippen MR) is 174 cm³/mol. The molecule has 0 aromatic heterocycles. The average molecular weight is 554 g/mol. The summed E-state index contributed by atoms with van der Waals surface area (Å²) in [5.74, 6) is -1.23. The Morgan fingerprint density at radius 1 is 0.571 bits per heavy atom. The Morgan fingerprint density at radius 2 is 1.12 bits per heavy atom. The van der Waals surface area contributed by atoms with Gasteiger partial charge in [-0.2, -0.15) is 0 Å².